The number of amides is 1. The first kappa shape index (κ1) is 21.7. The molecule has 0 radical (unpaired) electrons. The van der Waals surface area contributed by atoms with E-state index in [-0.39, 0.29) is 29.8 Å². The number of nitrogens with zero attached hydrogens (tertiary/aromatic N) is 2. The van der Waals surface area contributed by atoms with Crippen LogP contribution in [0.15, 0.2) is 23.0 Å². The first-order chi connectivity index (χ1) is 13.1. The normalized spacial score (nSPS) is 13.0. The summed E-state index contributed by atoms with van der Waals surface area (Å²) in [5, 5.41) is 16.3. The smallest absolute Gasteiger partial charge is 0.406 e. The first-order valence-electron chi connectivity index (χ1n) is 8.76. The molecule has 2 aromatic rings. The maximum Gasteiger partial charge on any atom is 0.573 e. The zero-order chi connectivity index (χ0) is 21.1. The van der Waals surface area contributed by atoms with E-state index in [1.807, 2.05) is 0 Å². The van der Waals surface area contributed by atoms with Gasteiger partial charge in [-0.05, 0) is 30.5 Å². The molecule has 0 spiro atoms. The summed E-state index contributed by atoms with van der Waals surface area (Å²) in [6.45, 7) is 4.73. The lowest BCUT2D eigenvalue weighted by Gasteiger charge is -2.17. The Morgan fingerprint density at radius 1 is 1.32 bits per heavy atom. The van der Waals surface area contributed by atoms with E-state index >= 15 is 0 Å². The zero-order valence-corrected chi connectivity index (χ0v) is 15.7. The fraction of sp³-hybridized carbons (Fsp3) is 0.500. The van der Waals surface area contributed by atoms with Gasteiger partial charge in [-0.3, -0.25) is 9.59 Å². The van der Waals surface area contributed by atoms with E-state index in [1.54, 1.807) is 20.8 Å². The van der Waals surface area contributed by atoms with Gasteiger partial charge < -0.3 is 15.2 Å². The highest BCUT2D eigenvalue weighted by molar-refractivity contribution is 5.86. The number of aliphatic hydroxyl groups excluding tert-OH is 1. The first-order valence-corrected chi connectivity index (χ1v) is 8.76. The fourth-order valence-electron chi connectivity index (χ4n) is 2.71. The molecule has 0 aliphatic carbocycles. The van der Waals surface area contributed by atoms with E-state index in [1.165, 1.54) is 6.07 Å². The van der Waals surface area contributed by atoms with Gasteiger partial charge in [-0.2, -0.15) is 5.10 Å². The molecule has 28 heavy (non-hydrogen) atoms. The third-order valence-corrected chi connectivity index (χ3v) is 4.11. The molecule has 1 amide bonds. The lowest BCUT2D eigenvalue weighted by Crippen LogP contribution is -2.41. The molecule has 0 bridgehead atoms. The van der Waals surface area contributed by atoms with Gasteiger partial charge >= 0.3 is 6.36 Å². The molecule has 154 valence electrons. The predicted molar refractivity (Wildman–Crippen MR) is 96.1 cm³/mol. The van der Waals surface area contributed by atoms with Gasteiger partial charge in [0.15, 0.2) is 0 Å². The molecule has 0 aliphatic heterocycles. The number of carbonyl (C=O) groups excluding carboxylic acids is 1. The fourth-order valence-corrected chi connectivity index (χ4v) is 2.71. The predicted octanol–water partition coefficient (Wildman–Crippen LogP) is 2.31. The summed E-state index contributed by atoms with van der Waals surface area (Å²) in [7, 11) is 0. The number of aliphatic hydroxyl groups is 1. The molecule has 1 aromatic carbocycles. The van der Waals surface area contributed by atoms with Gasteiger partial charge in [-0.1, -0.05) is 20.8 Å². The molecule has 0 saturated carbocycles. The second kappa shape index (κ2) is 8.59. The van der Waals surface area contributed by atoms with Crippen molar-refractivity contribution in [3.05, 3.63) is 34.2 Å². The van der Waals surface area contributed by atoms with Crippen LogP contribution >= 0.6 is 0 Å². The topological polar surface area (TPSA) is 93.5 Å². The molecule has 1 atom stereocenters. The average molecular weight is 401 g/mol. The molecule has 1 aromatic heterocycles. The number of nitrogens with one attached hydrogen (secondary N) is 1. The Morgan fingerprint density at radius 2 is 2.00 bits per heavy atom. The van der Waals surface area contributed by atoms with Gasteiger partial charge in [0.25, 0.3) is 5.56 Å². The van der Waals surface area contributed by atoms with Crippen molar-refractivity contribution in [2.45, 2.75) is 52.1 Å². The molecule has 0 saturated heterocycles. The van der Waals surface area contributed by atoms with Crippen LogP contribution in [0, 0.1) is 0 Å². The Hall–Kier alpha value is -2.62. The van der Waals surface area contributed by atoms with E-state index in [0.29, 0.717) is 12.1 Å². The lowest BCUT2D eigenvalue weighted by molar-refractivity contribution is -0.274. The van der Waals surface area contributed by atoms with Gasteiger partial charge in [0.1, 0.15) is 12.3 Å². The summed E-state index contributed by atoms with van der Waals surface area (Å²) < 4.78 is 42.3. The quantitative estimate of drug-likeness (QED) is 0.743. The number of ether oxygens (including phenoxy) is 1. The van der Waals surface area contributed by atoms with Gasteiger partial charge in [-0.25, -0.2) is 4.68 Å². The van der Waals surface area contributed by atoms with Crippen molar-refractivity contribution in [3.8, 4) is 5.75 Å². The van der Waals surface area contributed by atoms with Crippen LogP contribution in [-0.4, -0.2) is 39.8 Å². The molecule has 10 heteroatoms. The highest BCUT2D eigenvalue weighted by Gasteiger charge is 2.31. The van der Waals surface area contributed by atoms with Crippen LogP contribution < -0.4 is 15.6 Å². The van der Waals surface area contributed by atoms with Crippen molar-refractivity contribution >= 4 is 16.7 Å². The van der Waals surface area contributed by atoms with E-state index in [4.69, 9.17) is 5.11 Å². The van der Waals surface area contributed by atoms with Gasteiger partial charge in [0.2, 0.25) is 5.91 Å². The average Bonchev–Trinajstić information content (AvgIpc) is 2.60. The number of rotatable bonds is 7. The van der Waals surface area contributed by atoms with E-state index in [0.717, 1.165) is 16.8 Å². The van der Waals surface area contributed by atoms with Crippen molar-refractivity contribution < 1.29 is 27.8 Å². The summed E-state index contributed by atoms with van der Waals surface area (Å²) >= 11 is 0. The Balaban J connectivity index is 2.47. The number of carbonyl (C=O) groups is 1. The van der Waals surface area contributed by atoms with Crippen molar-refractivity contribution in [3.63, 3.8) is 0 Å². The lowest BCUT2D eigenvalue weighted by atomic mass is 10.0. The summed E-state index contributed by atoms with van der Waals surface area (Å²) in [5.74, 6) is -1.17. The van der Waals surface area contributed by atoms with Crippen LogP contribution in [0.25, 0.3) is 10.8 Å². The zero-order valence-electron chi connectivity index (χ0n) is 15.7. The minimum atomic E-state index is -4.85. The standard InChI is InChI=1S/C18H22F3N3O4/c1-4-11(9-25)22-15(26)8-24-17(27)13-6-5-12(28-18(19,20)21)7-14(13)16(23-24)10(2)3/h5-7,10-11,25H,4,8-9H2,1-3H3,(H,22,26)/t11-/m0/s1. The molecule has 7 nitrogen and oxygen atoms in total. The van der Waals surface area contributed by atoms with Gasteiger partial charge in [0, 0.05) is 5.39 Å². The maximum absolute atomic E-state index is 12.7. The van der Waals surface area contributed by atoms with Crippen molar-refractivity contribution in [2.24, 2.45) is 0 Å². The monoisotopic (exact) mass is 401 g/mol. The molecule has 1 heterocycles. The van der Waals surface area contributed by atoms with Crippen molar-refractivity contribution in [2.75, 3.05) is 6.61 Å². The van der Waals surface area contributed by atoms with Crippen LogP contribution in [0.2, 0.25) is 0 Å². The number of aromatic nitrogens is 2. The van der Waals surface area contributed by atoms with Crippen LogP contribution in [-0.2, 0) is 11.3 Å². The van der Waals surface area contributed by atoms with E-state index in [9.17, 15) is 22.8 Å². The Morgan fingerprint density at radius 3 is 2.54 bits per heavy atom. The van der Waals surface area contributed by atoms with Crippen molar-refractivity contribution in [1.29, 1.82) is 0 Å². The number of hydrogen-bond acceptors (Lipinski definition) is 5. The molecule has 2 rings (SSSR count). The molecule has 2 N–H and O–H groups in total. The number of fused-ring (bicyclic) bond motifs is 1. The van der Waals surface area contributed by atoms with Gasteiger partial charge in [-0.15, -0.1) is 13.2 Å². The highest BCUT2D eigenvalue weighted by Crippen LogP contribution is 2.28. The van der Waals surface area contributed by atoms with Crippen LogP contribution in [0.5, 0.6) is 5.75 Å². The number of halogens is 3. The van der Waals surface area contributed by atoms with Gasteiger partial charge in [0.05, 0.1) is 23.7 Å². The summed E-state index contributed by atoms with van der Waals surface area (Å²) in [5.41, 5.74) is -0.241. The van der Waals surface area contributed by atoms with Crippen LogP contribution in [0.3, 0.4) is 0 Å². The molecule has 0 aliphatic rings. The maximum atomic E-state index is 12.7. The molecular formula is C18H22F3N3O4. The van der Waals surface area contributed by atoms with E-state index in [2.05, 4.69) is 15.2 Å². The molecular weight excluding hydrogens is 379 g/mol. The largest absolute Gasteiger partial charge is 0.573 e. The third-order valence-electron chi connectivity index (χ3n) is 4.11. The van der Waals surface area contributed by atoms with Crippen molar-refractivity contribution in [1.82, 2.24) is 15.1 Å². The number of alkyl halides is 3. The molecule has 0 fully saturated rings. The molecule has 0 unspecified atom stereocenters. The Labute approximate surface area is 159 Å². The second-order valence-electron chi connectivity index (χ2n) is 6.61. The van der Waals surface area contributed by atoms with E-state index < -0.39 is 29.6 Å². The minimum Gasteiger partial charge on any atom is -0.406 e. The summed E-state index contributed by atoms with van der Waals surface area (Å²) in [6, 6.07) is 2.96. The number of hydrogen-bond donors (Lipinski definition) is 2. The number of benzene rings is 1. The van der Waals surface area contributed by atoms with Crippen LogP contribution in [0.4, 0.5) is 13.2 Å². The highest BCUT2D eigenvalue weighted by atomic mass is 19.4. The SMILES string of the molecule is CC[C@@H](CO)NC(=O)Cn1nc(C(C)C)c2cc(OC(F)(F)F)ccc2c1=O. The second-order valence-corrected chi connectivity index (χ2v) is 6.61. The third kappa shape index (κ3) is 5.22. The van der Waals surface area contributed by atoms with Crippen LogP contribution in [0.1, 0.15) is 38.8 Å². The Kier molecular flexibility index (Phi) is 6.65. The summed E-state index contributed by atoms with van der Waals surface area (Å²) in [4.78, 5) is 24.8. The minimum absolute atomic E-state index is 0.134. The summed E-state index contributed by atoms with van der Waals surface area (Å²) in [6.07, 6.45) is -4.34. The Bertz CT molecular complexity index is 905.